The molecule has 126 valence electrons. The molecule has 1 aromatic heterocycles. The molecule has 2 atom stereocenters. The summed E-state index contributed by atoms with van der Waals surface area (Å²) in [4.78, 5) is 16.0. The second-order valence-corrected chi connectivity index (χ2v) is 7.47. The van der Waals surface area contributed by atoms with E-state index in [-0.39, 0.29) is 18.6 Å². The number of hydrogen-bond donors (Lipinski definition) is 3. The van der Waals surface area contributed by atoms with Gasteiger partial charge in [0, 0.05) is 17.8 Å². The van der Waals surface area contributed by atoms with Crippen molar-refractivity contribution in [1.82, 2.24) is 10.3 Å². The number of aliphatic hydroxyl groups excluding tert-OH is 2. The molecule has 0 aromatic carbocycles. The van der Waals surface area contributed by atoms with Crippen molar-refractivity contribution in [2.24, 2.45) is 5.92 Å². The number of nitrogens with one attached hydrogen (secondary N) is 1. The molecule has 0 spiro atoms. The minimum Gasteiger partial charge on any atom is -0.444 e. The zero-order chi connectivity index (χ0) is 16.9. The third-order valence-corrected chi connectivity index (χ3v) is 4.00. The molecule has 0 aliphatic rings. The molecular weight excluding hydrogens is 304 g/mol. The lowest BCUT2D eigenvalue weighted by Gasteiger charge is -2.26. The first-order valence-electron chi connectivity index (χ1n) is 7.35. The molecule has 22 heavy (non-hydrogen) atoms. The molecule has 0 radical (unpaired) electrons. The minimum atomic E-state index is -0.785. The largest absolute Gasteiger partial charge is 0.444 e. The number of aromatic nitrogens is 1. The molecule has 6 nitrogen and oxygen atoms in total. The molecule has 1 aromatic rings. The molecule has 0 saturated heterocycles. The maximum Gasteiger partial charge on any atom is 0.407 e. The third-order valence-electron chi connectivity index (χ3n) is 3.00. The Bertz CT molecular complexity index is 482. The zero-order valence-corrected chi connectivity index (χ0v) is 14.6. The van der Waals surface area contributed by atoms with Crippen LogP contribution in [0.4, 0.5) is 4.79 Å². The monoisotopic (exact) mass is 330 g/mol. The summed E-state index contributed by atoms with van der Waals surface area (Å²) >= 11 is 1.30. The third kappa shape index (κ3) is 6.29. The van der Waals surface area contributed by atoms with Crippen molar-refractivity contribution in [2.75, 3.05) is 0 Å². The van der Waals surface area contributed by atoms with Gasteiger partial charge in [-0.05, 0) is 26.7 Å². The second-order valence-electron chi connectivity index (χ2n) is 6.58. The maximum absolute atomic E-state index is 11.9. The van der Waals surface area contributed by atoms with Crippen molar-refractivity contribution in [3.05, 3.63) is 16.1 Å². The lowest BCUT2D eigenvalue weighted by molar-refractivity contribution is 0.0461. The number of rotatable bonds is 6. The Morgan fingerprint density at radius 2 is 2.09 bits per heavy atom. The maximum atomic E-state index is 11.9. The van der Waals surface area contributed by atoms with E-state index in [1.807, 2.05) is 13.8 Å². The summed E-state index contributed by atoms with van der Waals surface area (Å²) in [5.74, 6) is 0.138. The Morgan fingerprint density at radius 1 is 1.45 bits per heavy atom. The van der Waals surface area contributed by atoms with Crippen LogP contribution in [0, 0.1) is 5.92 Å². The summed E-state index contributed by atoms with van der Waals surface area (Å²) in [6, 6.07) is -0.230. The molecule has 0 aliphatic heterocycles. The molecule has 0 bridgehead atoms. The lowest BCUT2D eigenvalue weighted by atomic mass is 9.98. The number of carbonyl (C=O) groups is 1. The van der Waals surface area contributed by atoms with Crippen LogP contribution in [-0.4, -0.2) is 32.9 Å². The molecule has 0 saturated carbocycles. The van der Waals surface area contributed by atoms with Gasteiger partial charge in [-0.3, -0.25) is 0 Å². The first kappa shape index (κ1) is 18.9. The summed E-state index contributed by atoms with van der Waals surface area (Å²) in [7, 11) is 0. The van der Waals surface area contributed by atoms with Crippen LogP contribution in [0.15, 0.2) is 5.38 Å². The molecule has 1 rings (SSSR count). The van der Waals surface area contributed by atoms with Gasteiger partial charge in [0.25, 0.3) is 0 Å². The summed E-state index contributed by atoms with van der Waals surface area (Å²) in [5.41, 5.74) is -0.0181. The SMILES string of the molecule is CC(C)C(CC(O)c1nc(CO)cs1)NC(=O)OC(C)(C)C. The Kier molecular flexibility index (Phi) is 6.77. The number of ether oxygens (including phenoxy) is 1. The molecule has 1 heterocycles. The number of nitrogens with zero attached hydrogens (tertiary/aromatic N) is 1. The standard InChI is InChI=1S/C15H26N2O4S/c1-9(2)11(17-14(20)21-15(3,4)5)6-12(19)13-16-10(7-18)8-22-13/h8-9,11-12,18-19H,6-7H2,1-5H3,(H,17,20). The van der Waals surface area contributed by atoms with E-state index in [4.69, 9.17) is 9.84 Å². The fourth-order valence-corrected chi connectivity index (χ4v) is 2.65. The molecular formula is C15H26N2O4S. The van der Waals surface area contributed by atoms with Crippen molar-refractivity contribution in [3.8, 4) is 0 Å². The number of thiazole rings is 1. The highest BCUT2D eigenvalue weighted by atomic mass is 32.1. The fourth-order valence-electron chi connectivity index (χ4n) is 1.85. The first-order valence-corrected chi connectivity index (χ1v) is 8.23. The fraction of sp³-hybridized carbons (Fsp3) is 0.733. The number of alkyl carbamates (subject to hydrolysis) is 1. The van der Waals surface area contributed by atoms with Crippen LogP contribution in [0.1, 0.15) is 57.8 Å². The summed E-state index contributed by atoms with van der Waals surface area (Å²) in [5, 5.41) is 24.3. The van der Waals surface area contributed by atoms with E-state index in [9.17, 15) is 9.90 Å². The lowest BCUT2D eigenvalue weighted by Crippen LogP contribution is -2.42. The number of amides is 1. The van der Waals surface area contributed by atoms with E-state index < -0.39 is 17.8 Å². The Morgan fingerprint density at radius 3 is 2.55 bits per heavy atom. The molecule has 0 aliphatic carbocycles. The van der Waals surface area contributed by atoms with E-state index in [1.165, 1.54) is 11.3 Å². The summed E-state index contributed by atoms with van der Waals surface area (Å²) in [6.07, 6.45) is -0.934. The van der Waals surface area contributed by atoms with E-state index in [2.05, 4.69) is 10.3 Å². The van der Waals surface area contributed by atoms with Crippen LogP contribution in [0.2, 0.25) is 0 Å². The highest BCUT2D eigenvalue weighted by molar-refractivity contribution is 7.09. The summed E-state index contributed by atoms with van der Waals surface area (Å²) in [6.45, 7) is 9.20. The molecule has 2 unspecified atom stereocenters. The number of hydrogen-bond acceptors (Lipinski definition) is 6. The van der Waals surface area contributed by atoms with Crippen LogP contribution in [0.5, 0.6) is 0 Å². The van der Waals surface area contributed by atoms with Gasteiger partial charge in [0.15, 0.2) is 0 Å². The van der Waals surface area contributed by atoms with E-state index in [0.29, 0.717) is 17.1 Å². The number of carbonyl (C=O) groups excluding carboxylic acids is 1. The molecule has 3 N–H and O–H groups in total. The van der Waals surface area contributed by atoms with E-state index in [0.717, 1.165) is 0 Å². The van der Waals surface area contributed by atoms with Gasteiger partial charge in [-0.15, -0.1) is 11.3 Å². The normalized spacial score (nSPS) is 14.7. The van der Waals surface area contributed by atoms with E-state index in [1.54, 1.807) is 26.2 Å². The van der Waals surface area contributed by atoms with E-state index >= 15 is 0 Å². The van der Waals surface area contributed by atoms with Crippen LogP contribution in [0.3, 0.4) is 0 Å². The minimum absolute atomic E-state index is 0.138. The zero-order valence-electron chi connectivity index (χ0n) is 13.8. The van der Waals surface area contributed by atoms with Gasteiger partial charge >= 0.3 is 6.09 Å². The van der Waals surface area contributed by atoms with Crippen molar-refractivity contribution >= 4 is 17.4 Å². The second kappa shape index (κ2) is 7.89. The van der Waals surface area contributed by atoms with Crippen molar-refractivity contribution < 1.29 is 19.7 Å². The Labute approximate surface area is 135 Å². The van der Waals surface area contributed by atoms with Crippen molar-refractivity contribution in [2.45, 2.75) is 65.4 Å². The van der Waals surface area contributed by atoms with Gasteiger partial charge in [-0.25, -0.2) is 9.78 Å². The van der Waals surface area contributed by atoms with Gasteiger partial charge in [-0.1, -0.05) is 13.8 Å². The molecule has 1 amide bonds. The van der Waals surface area contributed by atoms with Gasteiger partial charge in [0.05, 0.1) is 12.3 Å². The van der Waals surface area contributed by atoms with Crippen LogP contribution < -0.4 is 5.32 Å². The first-order chi connectivity index (χ1) is 10.1. The Balaban J connectivity index is 2.65. The Hall–Kier alpha value is -1.18. The quantitative estimate of drug-likeness (QED) is 0.746. The van der Waals surface area contributed by atoms with Crippen LogP contribution >= 0.6 is 11.3 Å². The average Bonchev–Trinajstić information content (AvgIpc) is 2.84. The van der Waals surface area contributed by atoms with Gasteiger partial charge in [0.2, 0.25) is 0 Å². The average molecular weight is 330 g/mol. The molecule has 0 fully saturated rings. The van der Waals surface area contributed by atoms with Gasteiger partial charge in [0.1, 0.15) is 16.7 Å². The topological polar surface area (TPSA) is 91.7 Å². The highest BCUT2D eigenvalue weighted by Crippen LogP contribution is 2.24. The number of aliphatic hydroxyl groups is 2. The predicted molar refractivity (Wildman–Crippen MR) is 85.6 cm³/mol. The van der Waals surface area contributed by atoms with Gasteiger partial charge in [-0.2, -0.15) is 0 Å². The predicted octanol–water partition coefficient (Wildman–Crippen LogP) is 2.61. The molecule has 7 heteroatoms. The van der Waals surface area contributed by atoms with Crippen LogP contribution in [0.25, 0.3) is 0 Å². The summed E-state index contributed by atoms with van der Waals surface area (Å²) < 4.78 is 5.25. The van der Waals surface area contributed by atoms with Crippen molar-refractivity contribution in [3.63, 3.8) is 0 Å². The van der Waals surface area contributed by atoms with Gasteiger partial charge < -0.3 is 20.3 Å². The highest BCUT2D eigenvalue weighted by Gasteiger charge is 2.25. The van der Waals surface area contributed by atoms with Crippen molar-refractivity contribution in [1.29, 1.82) is 0 Å². The van der Waals surface area contributed by atoms with Crippen LogP contribution in [-0.2, 0) is 11.3 Å². The smallest absolute Gasteiger partial charge is 0.407 e.